The number of rotatable bonds is 5. The van der Waals surface area contributed by atoms with Gasteiger partial charge < -0.3 is 5.32 Å². The van der Waals surface area contributed by atoms with Crippen LogP contribution in [0.25, 0.3) is 0 Å². The lowest BCUT2D eigenvalue weighted by molar-refractivity contribution is 0.102. The number of halogens is 1. The number of hydrogen-bond acceptors (Lipinski definition) is 3. The highest BCUT2D eigenvalue weighted by Gasteiger charge is 2.08. The van der Waals surface area contributed by atoms with Crippen LogP contribution in [0.1, 0.15) is 15.9 Å². The molecule has 3 nitrogen and oxygen atoms in total. The Hall–Kier alpha value is -2.30. The average Bonchev–Trinajstić information content (AvgIpc) is 2.62. The standard InChI is InChI=1S/C19H15ClN2OS/c20-17-10-5-11-21-19(17)24-13-14-6-4-7-15(12-14)18(23)22-16-8-2-1-3-9-16/h1-12H,13H2,(H,22,23). The number of anilines is 1. The van der Waals surface area contributed by atoms with Crippen LogP contribution in [0.5, 0.6) is 0 Å². The first-order valence-corrected chi connectivity index (χ1v) is 8.77. The van der Waals surface area contributed by atoms with Gasteiger partial charge in [-0.2, -0.15) is 0 Å². The van der Waals surface area contributed by atoms with Gasteiger partial charge >= 0.3 is 0 Å². The van der Waals surface area contributed by atoms with Crippen molar-refractivity contribution in [3.63, 3.8) is 0 Å². The number of benzene rings is 2. The van der Waals surface area contributed by atoms with Crippen molar-refractivity contribution in [2.45, 2.75) is 10.8 Å². The van der Waals surface area contributed by atoms with Gasteiger partial charge in [0.25, 0.3) is 5.91 Å². The molecule has 0 fully saturated rings. The van der Waals surface area contributed by atoms with E-state index in [0.29, 0.717) is 16.3 Å². The molecule has 1 amide bonds. The third-order valence-electron chi connectivity index (χ3n) is 3.32. The van der Waals surface area contributed by atoms with Crippen molar-refractivity contribution in [2.75, 3.05) is 5.32 Å². The van der Waals surface area contributed by atoms with Crippen molar-refractivity contribution < 1.29 is 4.79 Å². The highest BCUT2D eigenvalue weighted by Crippen LogP contribution is 2.27. The van der Waals surface area contributed by atoms with Gasteiger partial charge in [-0.25, -0.2) is 4.98 Å². The zero-order valence-corrected chi connectivity index (χ0v) is 14.3. The summed E-state index contributed by atoms with van der Waals surface area (Å²) < 4.78 is 0. The SMILES string of the molecule is O=C(Nc1ccccc1)c1cccc(CSc2ncccc2Cl)c1. The zero-order valence-electron chi connectivity index (χ0n) is 12.8. The molecule has 5 heteroatoms. The second-order valence-electron chi connectivity index (χ2n) is 5.10. The molecule has 3 aromatic rings. The van der Waals surface area contributed by atoms with Crippen LogP contribution in [-0.2, 0) is 5.75 Å². The summed E-state index contributed by atoms with van der Waals surface area (Å²) in [6.07, 6.45) is 1.72. The fourth-order valence-corrected chi connectivity index (χ4v) is 3.27. The van der Waals surface area contributed by atoms with Crippen LogP contribution >= 0.6 is 23.4 Å². The van der Waals surface area contributed by atoms with E-state index in [9.17, 15) is 4.79 Å². The molecule has 0 unspecified atom stereocenters. The van der Waals surface area contributed by atoms with Crippen molar-refractivity contribution >= 4 is 35.0 Å². The van der Waals surface area contributed by atoms with Gasteiger partial charge in [-0.1, -0.05) is 41.9 Å². The number of nitrogens with one attached hydrogen (secondary N) is 1. The maximum absolute atomic E-state index is 12.3. The van der Waals surface area contributed by atoms with E-state index >= 15 is 0 Å². The van der Waals surface area contributed by atoms with Crippen LogP contribution in [0.15, 0.2) is 78.0 Å². The van der Waals surface area contributed by atoms with Crippen LogP contribution < -0.4 is 5.32 Å². The number of carbonyl (C=O) groups is 1. The summed E-state index contributed by atoms with van der Waals surface area (Å²) in [4.78, 5) is 16.6. The van der Waals surface area contributed by atoms with Crippen molar-refractivity contribution in [3.8, 4) is 0 Å². The molecule has 0 aliphatic heterocycles. The normalized spacial score (nSPS) is 10.4. The Kier molecular flexibility index (Phi) is 5.51. The number of pyridine rings is 1. The Balaban J connectivity index is 1.68. The second-order valence-corrected chi connectivity index (χ2v) is 6.47. The van der Waals surface area contributed by atoms with E-state index in [1.54, 1.807) is 30.1 Å². The molecule has 0 saturated heterocycles. The summed E-state index contributed by atoms with van der Waals surface area (Å²) in [5.41, 5.74) is 2.45. The number of nitrogens with zero attached hydrogens (tertiary/aromatic N) is 1. The molecule has 3 rings (SSSR count). The molecule has 24 heavy (non-hydrogen) atoms. The Morgan fingerprint density at radius 3 is 2.67 bits per heavy atom. The van der Waals surface area contributed by atoms with Crippen molar-refractivity contribution in [1.29, 1.82) is 0 Å². The molecule has 1 aromatic heterocycles. The molecular weight excluding hydrogens is 340 g/mol. The number of aromatic nitrogens is 1. The van der Waals surface area contributed by atoms with Crippen molar-refractivity contribution in [2.24, 2.45) is 0 Å². The zero-order chi connectivity index (χ0) is 16.8. The molecule has 0 spiro atoms. The van der Waals surface area contributed by atoms with Crippen LogP contribution in [-0.4, -0.2) is 10.9 Å². The lowest BCUT2D eigenvalue weighted by atomic mass is 10.1. The topological polar surface area (TPSA) is 42.0 Å². The van der Waals surface area contributed by atoms with Crippen LogP contribution in [0, 0.1) is 0 Å². The number of hydrogen-bond donors (Lipinski definition) is 1. The third-order valence-corrected chi connectivity index (χ3v) is 4.81. The highest BCUT2D eigenvalue weighted by molar-refractivity contribution is 7.98. The minimum atomic E-state index is -0.121. The lowest BCUT2D eigenvalue weighted by Gasteiger charge is -2.07. The van der Waals surface area contributed by atoms with Gasteiger partial charge in [0, 0.05) is 23.2 Å². The lowest BCUT2D eigenvalue weighted by Crippen LogP contribution is -2.11. The van der Waals surface area contributed by atoms with Gasteiger partial charge in [-0.3, -0.25) is 4.79 Å². The molecule has 0 atom stereocenters. The summed E-state index contributed by atoms with van der Waals surface area (Å²) in [7, 11) is 0. The molecule has 2 aromatic carbocycles. The van der Waals surface area contributed by atoms with Crippen LogP contribution in [0.3, 0.4) is 0 Å². The number of thioether (sulfide) groups is 1. The quantitative estimate of drug-likeness (QED) is 0.634. The van der Waals surface area contributed by atoms with Gasteiger partial charge in [0.15, 0.2) is 0 Å². The maximum Gasteiger partial charge on any atom is 0.255 e. The summed E-state index contributed by atoms with van der Waals surface area (Å²) >= 11 is 7.66. The van der Waals surface area contributed by atoms with E-state index in [-0.39, 0.29) is 5.91 Å². The van der Waals surface area contributed by atoms with Gasteiger partial charge in [0.2, 0.25) is 0 Å². The Bertz CT molecular complexity index is 840. The van der Waals surface area contributed by atoms with E-state index in [1.165, 1.54) is 0 Å². The van der Waals surface area contributed by atoms with Crippen LogP contribution in [0.2, 0.25) is 5.02 Å². The van der Waals surface area contributed by atoms with E-state index < -0.39 is 0 Å². The van der Waals surface area contributed by atoms with E-state index in [0.717, 1.165) is 16.3 Å². The molecular formula is C19H15ClN2OS. The minimum Gasteiger partial charge on any atom is -0.322 e. The maximum atomic E-state index is 12.3. The first kappa shape index (κ1) is 16.6. The predicted octanol–water partition coefficient (Wildman–Crippen LogP) is 5.28. The largest absolute Gasteiger partial charge is 0.322 e. The van der Waals surface area contributed by atoms with E-state index in [1.807, 2.05) is 54.6 Å². The van der Waals surface area contributed by atoms with E-state index in [2.05, 4.69) is 10.3 Å². The predicted molar refractivity (Wildman–Crippen MR) is 99.6 cm³/mol. The van der Waals surface area contributed by atoms with Gasteiger partial charge in [0.1, 0.15) is 5.03 Å². The molecule has 1 N–H and O–H groups in total. The number of amides is 1. The Labute approximate surface area is 150 Å². The molecule has 1 heterocycles. The van der Waals surface area contributed by atoms with Gasteiger partial charge in [-0.05, 0) is 42.0 Å². The summed E-state index contributed by atoms with van der Waals surface area (Å²) in [6.45, 7) is 0. The molecule has 0 radical (unpaired) electrons. The molecule has 0 aliphatic rings. The van der Waals surface area contributed by atoms with Gasteiger partial charge in [-0.15, -0.1) is 11.8 Å². The first-order valence-electron chi connectivity index (χ1n) is 7.41. The number of para-hydroxylation sites is 1. The average molecular weight is 355 g/mol. The summed E-state index contributed by atoms with van der Waals surface area (Å²) in [5.74, 6) is 0.576. The fraction of sp³-hybridized carbons (Fsp3) is 0.0526. The Morgan fingerprint density at radius 2 is 1.88 bits per heavy atom. The first-order chi connectivity index (χ1) is 11.7. The molecule has 0 saturated carbocycles. The second kappa shape index (κ2) is 7.99. The molecule has 0 aliphatic carbocycles. The summed E-state index contributed by atoms with van der Waals surface area (Å²) in [6, 6.07) is 20.6. The molecule has 120 valence electrons. The summed E-state index contributed by atoms with van der Waals surface area (Å²) in [5, 5.41) is 4.32. The molecule has 0 bridgehead atoms. The van der Waals surface area contributed by atoms with Crippen LogP contribution in [0.4, 0.5) is 5.69 Å². The third kappa shape index (κ3) is 4.37. The fourth-order valence-electron chi connectivity index (χ4n) is 2.16. The number of carbonyl (C=O) groups excluding carboxylic acids is 1. The minimum absolute atomic E-state index is 0.121. The Morgan fingerprint density at radius 1 is 1.04 bits per heavy atom. The highest BCUT2D eigenvalue weighted by atomic mass is 35.5. The monoisotopic (exact) mass is 354 g/mol. The smallest absolute Gasteiger partial charge is 0.255 e. The van der Waals surface area contributed by atoms with Gasteiger partial charge in [0.05, 0.1) is 5.02 Å². The van der Waals surface area contributed by atoms with Crippen molar-refractivity contribution in [3.05, 3.63) is 89.1 Å². The van der Waals surface area contributed by atoms with E-state index in [4.69, 9.17) is 11.6 Å². The van der Waals surface area contributed by atoms with Crippen molar-refractivity contribution in [1.82, 2.24) is 4.98 Å².